The van der Waals surface area contributed by atoms with Gasteiger partial charge in [-0.1, -0.05) is 17.3 Å². The Morgan fingerprint density at radius 3 is 2.83 bits per heavy atom. The van der Waals surface area contributed by atoms with Gasteiger partial charge in [-0.05, 0) is 43.4 Å². The summed E-state index contributed by atoms with van der Waals surface area (Å²) in [5.41, 5.74) is 0.856. The van der Waals surface area contributed by atoms with Gasteiger partial charge in [0.05, 0.1) is 0 Å². The fourth-order valence-electron chi connectivity index (χ4n) is 3.04. The summed E-state index contributed by atoms with van der Waals surface area (Å²) in [6.45, 7) is 1.03. The number of amides is 2. The van der Waals surface area contributed by atoms with E-state index in [1.165, 1.54) is 12.1 Å². The van der Waals surface area contributed by atoms with Crippen molar-refractivity contribution in [3.8, 4) is 0 Å². The minimum atomic E-state index is -0.285. The van der Waals surface area contributed by atoms with Crippen molar-refractivity contribution in [2.75, 3.05) is 6.54 Å². The molecule has 2 heterocycles. The number of benzene rings is 1. The van der Waals surface area contributed by atoms with Gasteiger partial charge in [0.25, 0.3) is 0 Å². The van der Waals surface area contributed by atoms with Crippen LogP contribution in [0.2, 0.25) is 0 Å². The Labute approximate surface area is 139 Å². The highest BCUT2D eigenvalue weighted by molar-refractivity contribution is 5.74. The molecule has 2 aliphatic rings. The predicted octanol–water partition coefficient (Wildman–Crippen LogP) is 3.13. The Balaban J connectivity index is 1.39. The quantitative estimate of drug-likeness (QED) is 0.935. The summed E-state index contributed by atoms with van der Waals surface area (Å²) in [6.07, 6.45) is 3.98. The number of carbonyl (C=O) groups is 1. The van der Waals surface area contributed by atoms with Crippen LogP contribution in [-0.4, -0.2) is 27.6 Å². The number of aromatic nitrogens is 2. The topological polar surface area (TPSA) is 71.3 Å². The number of hydrogen-bond acceptors (Lipinski definition) is 4. The zero-order valence-electron chi connectivity index (χ0n) is 13.2. The van der Waals surface area contributed by atoms with Crippen LogP contribution in [0.4, 0.5) is 9.18 Å². The van der Waals surface area contributed by atoms with E-state index in [0.29, 0.717) is 24.9 Å². The van der Waals surface area contributed by atoms with Gasteiger partial charge >= 0.3 is 6.03 Å². The number of likely N-dealkylation sites (tertiary alicyclic amines) is 1. The monoisotopic (exact) mass is 330 g/mol. The number of halogens is 1. The zero-order valence-corrected chi connectivity index (χ0v) is 13.2. The molecule has 1 unspecified atom stereocenters. The summed E-state index contributed by atoms with van der Waals surface area (Å²) >= 11 is 0. The largest absolute Gasteiger partial charge is 0.337 e. The molecule has 2 fully saturated rings. The van der Waals surface area contributed by atoms with Gasteiger partial charge < -0.3 is 14.7 Å². The van der Waals surface area contributed by atoms with E-state index in [1.54, 1.807) is 17.0 Å². The van der Waals surface area contributed by atoms with Crippen LogP contribution >= 0.6 is 0 Å². The molecule has 1 aliphatic heterocycles. The molecule has 2 amide bonds. The molecule has 0 bridgehead atoms. The van der Waals surface area contributed by atoms with Crippen molar-refractivity contribution in [1.82, 2.24) is 20.4 Å². The summed E-state index contributed by atoms with van der Waals surface area (Å²) in [6, 6.07) is 5.79. The molecular formula is C17H19FN4O2. The average molecular weight is 330 g/mol. The Morgan fingerprint density at radius 1 is 1.29 bits per heavy atom. The summed E-state index contributed by atoms with van der Waals surface area (Å²) < 4.78 is 18.3. The van der Waals surface area contributed by atoms with Crippen LogP contribution < -0.4 is 5.32 Å². The van der Waals surface area contributed by atoms with E-state index < -0.39 is 0 Å². The zero-order chi connectivity index (χ0) is 16.5. The van der Waals surface area contributed by atoms with E-state index in [4.69, 9.17) is 4.52 Å². The second-order valence-corrected chi connectivity index (χ2v) is 6.40. The number of nitrogens with zero attached hydrogens (tertiary/aromatic N) is 3. The first-order chi connectivity index (χ1) is 11.7. The third-order valence-electron chi connectivity index (χ3n) is 4.56. The normalized spacial score (nSPS) is 20.4. The van der Waals surface area contributed by atoms with E-state index in [2.05, 4.69) is 15.5 Å². The molecule has 6 nitrogen and oxygen atoms in total. The van der Waals surface area contributed by atoms with Crippen LogP contribution in [0.15, 0.2) is 28.8 Å². The molecule has 24 heavy (non-hydrogen) atoms. The molecule has 0 radical (unpaired) electrons. The SMILES string of the molecule is O=C(NCc1ccc(F)cc1)N1CCCC1c1nc(C2CC2)no1. The predicted molar refractivity (Wildman–Crippen MR) is 83.6 cm³/mol. The average Bonchev–Trinajstić information content (AvgIpc) is 3.12. The van der Waals surface area contributed by atoms with Gasteiger partial charge in [-0.2, -0.15) is 4.98 Å². The van der Waals surface area contributed by atoms with Crippen LogP contribution in [0.3, 0.4) is 0 Å². The van der Waals surface area contributed by atoms with Crippen LogP contribution in [0.1, 0.15) is 54.9 Å². The van der Waals surface area contributed by atoms with Crippen molar-refractivity contribution < 1.29 is 13.7 Å². The molecule has 1 aromatic carbocycles. The molecule has 1 saturated heterocycles. The van der Waals surface area contributed by atoms with Crippen molar-refractivity contribution >= 4 is 6.03 Å². The lowest BCUT2D eigenvalue weighted by atomic mass is 10.2. The second-order valence-electron chi connectivity index (χ2n) is 6.40. The highest BCUT2D eigenvalue weighted by atomic mass is 19.1. The van der Waals surface area contributed by atoms with Gasteiger partial charge in [0.1, 0.15) is 11.9 Å². The van der Waals surface area contributed by atoms with Crippen molar-refractivity contribution in [2.45, 2.75) is 44.2 Å². The molecule has 1 N–H and O–H groups in total. The lowest BCUT2D eigenvalue weighted by molar-refractivity contribution is 0.180. The smallest absolute Gasteiger partial charge is 0.318 e. The van der Waals surface area contributed by atoms with Gasteiger partial charge in [0, 0.05) is 19.0 Å². The van der Waals surface area contributed by atoms with E-state index >= 15 is 0 Å². The minimum absolute atomic E-state index is 0.154. The summed E-state index contributed by atoms with van der Waals surface area (Å²) in [5.74, 6) is 1.45. The van der Waals surface area contributed by atoms with Crippen molar-refractivity contribution in [1.29, 1.82) is 0 Å². The van der Waals surface area contributed by atoms with Crippen LogP contribution in [0.5, 0.6) is 0 Å². The van der Waals surface area contributed by atoms with E-state index in [0.717, 1.165) is 37.1 Å². The molecular weight excluding hydrogens is 311 g/mol. The van der Waals surface area contributed by atoms with Gasteiger partial charge in [-0.3, -0.25) is 0 Å². The lowest BCUT2D eigenvalue weighted by Gasteiger charge is -2.22. The molecule has 1 aliphatic carbocycles. The number of nitrogens with one attached hydrogen (secondary N) is 1. The maximum atomic E-state index is 12.9. The van der Waals surface area contributed by atoms with Crippen LogP contribution in [0.25, 0.3) is 0 Å². The van der Waals surface area contributed by atoms with Crippen molar-refractivity contribution in [3.05, 3.63) is 47.4 Å². The van der Waals surface area contributed by atoms with Crippen LogP contribution in [-0.2, 0) is 6.54 Å². The number of hydrogen-bond donors (Lipinski definition) is 1. The molecule has 0 spiro atoms. The van der Waals surface area contributed by atoms with Gasteiger partial charge in [-0.15, -0.1) is 0 Å². The molecule has 2 aromatic rings. The minimum Gasteiger partial charge on any atom is -0.337 e. The maximum absolute atomic E-state index is 12.9. The maximum Gasteiger partial charge on any atom is 0.318 e. The van der Waals surface area contributed by atoms with Crippen molar-refractivity contribution in [3.63, 3.8) is 0 Å². The third-order valence-corrected chi connectivity index (χ3v) is 4.56. The van der Waals surface area contributed by atoms with E-state index in [1.807, 2.05) is 0 Å². The van der Waals surface area contributed by atoms with E-state index in [9.17, 15) is 9.18 Å². The summed E-state index contributed by atoms with van der Waals surface area (Å²) in [7, 11) is 0. The molecule has 4 rings (SSSR count). The Bertz CT molecular complexity index is 726. The van der Waals surface area contributed by atoms with Gasteiger partial charge in [-0.25, -0.2) is 9.18 Å². The Morgan fingerprint density at radius 2 is 2.08 bits per heavy atom. The Kier molecular flexibility index (Phi) is 3.92. The fraction of sp³-hybridized carbons (Fsp3) is 0.471. The highest BCUT2D eigenvalue weighted by Gasteiger charge is 2.36. The van der Waals surface area contributed by atoms with E-state index in [-0.39, 0.29) is 17.9 Å². The summed E-state index contributed by atoms with van der Waals surface area (Å²) in [4.78, 5) is 18.7. The van der Waals surface area contributed by atoms with Crippen LogP contribution in [0, 0.1) is 5.82 Å². The molecule has 1 atom stereocenters. The molecule has 7 heteroatoms. The second kappa shape index (κ2) is 6.22. The third kappa shape index (κ3) is 3.11. The first kappa shape index (κ1) is 15.1. The summed E-state index contributed by atoms with van der Waals surface area (Å²) in [5, 5.41) is 6.92. The first-order valence-electron chi connectivity index (χ1n) is 8.33. The molecule has 1 saturated carbocycles. The Hall–Kier alpha value is -2.44. The highest BCUT2D eigenvalue weighted by Crippen LogP contribution is 2.39. The number of urea groups is 1. The number of carbonyl (C=O) groups excluding carboxylic acids is 1. The first-order valence-corrected chi connectivity index (χ1v) is 8.33. The number of rotatable bonds is 4. The van der Waals surface area contributed by atoms with Gasteiger partial charge in [0.2, 0.25) is 5.89 Å². The standard InChI is InChI=1S/C17H19FN4O2/c18-13-7-3-11(4-8-13)10-19-17(23)22-9-1-2-14(22)16-20-15(21-24-16)12-5-6-12/h3-4,7-8,12,14H,1-2,5-6,9-10H2,(H,19,23). The molecule has 126 valence electrons. The van der Waals surface area contributed by atoms with Gasteiger partial charge in [0.15, 0.2) is 5.82 Å². The lowest BCUT2D eigenvalue weighted by Crippen LogP contribution is -2.39. The molecule has 1 aromatic heterocycles. The van der Waals surface area contributed by atoms with Crippen molar-refractivity contribution in [2.24, 2.45) is 0 Å². The fourth-order valence-corrected chi connectivity index (χ4v) is 3.04.